The molecule has 0 aromatic heterocycles. The highest BCUT2D eigenvalue weighted by atomic mass is 79.9. The zero-order valence-corrected chi connectivity index (χ0v) is 11.1. The molecule has 0 heterocycles. The summed E-state index contributed by atoms with van der Waals surface area (Å²) in [7, 11) is 0. The van der Waals surface area contributed by atoms with Gasteiger partial charge in [0.25, 0.3) is 0 Å². The van der Waals surface area contributed by atoms with Gasteiger partial charge in [-0.15, -0.1) is 0 Å². The molecule has 0 aliphatic carbocycles. The van der Waals surface area contributed by atoms with E-state index in [1.165, 1.54) is 12.1 Å². The highest BCUT2D eigenvalue weighted by Crippen LogP contribution is 2.20. The van der Waals surface area contributed by atoms with Gasteiger partial charge in [0.05, 0.1) is 0 Å². The van der Waals surface area contributed by atoms with Crippen molar-refractivity contribution in [3.05, 3.63) is 34.1 Å². The molecule has 16 heavy (non-hydrogen) atoms. The smallest absolute Gasteiger partial charge is 0.161 e. The molecule has 0 aliphatic heterocycles. The number of benzene rings is 1. The van der Waals surface area contributed by atoms with Crippen LogP contribution in [0.15, 0.2) is 22.7 Å². The third-order valence-electron chi connectivity index (χ3n) is 2.10. The van der Waals surface area contributed by atoms with E-state index in [9.17, 15) is 4.39 Å². The van der Waals surface area contributed by atoms with Crippen molar-refractivity contribution >= 4 is 15.9 Å². The van der Waals surface area contributed by atoms with Crippen molar-refractivity contribution in [1.29, 1.82) is 0 Å². The zero-order chi connectivity index (χ0) is 12.0. The van der Waals surface area contributed by atoms with Crippen molar-refractivity contribution in [2.45, 2.75) is 26.6 Å². The van der Waals surface area contributed by atoms with Crippen LogP contribution in [0, 0.1) is 5.82 Å². The summed E-state index contributed by atoms with van der Waals surface area (Å²) in [4.78, 5) is 0. The van der Waals surface area contributed by atoms with Gasteiger partial charge in [-0.25, -0.2) is 4.39 Å². The van der Waals surface area contributed by atoms with Crippen LogP contribution < -0.4 is 0 Å². The normalized spacial score (nSPS) is 11.1. The van der Waals surface area contributed by atoms with Gasteiger partial charge < -0.3 is 9.47 Å². The van der Waals surface area contributed by atoms with E-state index in [4.69, 9.17) is 9.47 Å². The van der Waals surface area contributed by atoms with E-state index in [-0.39, 0.29) is 12.1 Å². The van der Waals surface area contributed by atoms with E-state index in [0.29, 0.717) is 19.6 Å². The zero-order valence-electron chi connectivity index (χ0n) is 9.50. The number of hydrogen-bond acceptors (Lipinski definition) is 2. The van der Waals surface area contributed by atoms with Gasteiger partial charge in [-0.2, -0.15) is 0 Å². The van der Waals surface area contributed by atoms with E-state index in [1.807, 2.05) is 13.8 Å². The Morgan fingerprint density at radius 3 is 2.44 bits per heavy atom. The van der Waals surface area contributed by atoms with Crippen LogP contribution in [0.4, 0.5) is 4.39 Å². The summed E-state index contributed by atoms with van der Waals surface area (Å²) in [6.07, 6.45) is 0.230. The van der Waals surface area contributed by atoms with Crippen molar-refractivity contribution in [2.24, 2.45) is 0 Å². The first-order chi connectivity index (χ1) is 7.67. The molecule has 0 fully saturated rings. The van der Waals surface area contributed by atoms with Crippen molar-refractivity contribution in [2.75, 3.05) is 13.2 Å². The van der Waals surface area contributed by atoms with Crippen LogP contribution in [0.5, 0.6) is 0 Å². The van der Waals surface area contributed by atoms with E-state index in [0.717, 1.165) is 10.0 Å². The SMILES string of the molecule is CCOC(Cc1cc(F)ccc1Br)OCC. The van der Waals surface area contributed by atoms with Gasteiger partial charge in [-0.3, -0.25) is 0 Å². The Bertz CT molecular complexity index is 325. The molecule has 0 radical (unpaired) electrons. The van der Waals surface area contributed by atoms with Crippen molar-refractivity contribution in [3.63, 3.8) is 0 Å². The molecule has 0 aliphatic rings. The minimum atomic E-state index is -0.312. The van der Waals surface area contributed by atoms with Crippen LogP contribution in [0.3, 0.4) is 0 Å². The van der Waals surface area contributed by atoms with E-state index in [1.54, 1.807) is 6.07 Å². The largest absolute Gasteiger partial charge is 0.353 e. The average molecular weight is 291 g/mol. The molecule has 0 atom stereocenters. The summed E-state index contributed by atoms with van der Waals surface area (Å²) in [5.41, 5.74) is 0.854. The van der Waals surface area contributed by atoms with Crippen LogP contribution >= 0.6 is 15.9 Å². The van der Waals surface area contributed by atoms with Crippen molar-refractivity contribution < 1.29 is 13.9 Å². The van der Waals surface area contributed by atoms with Gasteiger partial charge in [0.2, 0.25) is 0 Å². The molecule has 0 saturated carbocycles. The Balaban J connectivity index is 2.71. The summed E-state index contributed by atoms with van der Waals surface area (Å²) in [6, 6.07) is 4.61. The van der Waals surface area contributed by atoms with Gasteiger partial charge in [-0.05, 0) is 37.6 Å². The Labute approximate surface area is 104 Å². The second kappa shape index (κ2) is 6.99. The summed E-state index contributed by atoms with van der Waals surface area (Å²) in [5.74, 6) is -0.245. The molecule has 0 bridgehead atoms. The van der Waals surface area contributed by atoms with E-state index >= 15 is 0 Å². The quantitative estimate of drug-likeness (QED) is 0.746. The molecule has 4 heteroatoms. The summed E-state index contributed by atoms with van der Waals surface area (Å²) in [6.45, 7) is 4.98. The Morgan fingerprint density at radius 2 is 1.88 bits per heavy atom. The first-order valence-corrected chi connectivity index (χ1v) is 6.13. The molecule has 1 rings (SSSR count). The molecule has 0 amide bonds. The van der Waals surface area contributed by atoms with Crippen LogP contribution in [-0.2, 0) is 15.9 Å². The van der Waals surface area contributed by atoms with Gasteiger partial charge in [0.1, 0.15) is 5.82 Å². The number of hydrogen-bond donors (Lipinski definition) is 0. The maximum atomic E-state index is 13.1. The molecular weight excluding hydrogens is 275 g/mol. The fourth-order valence-electron chi connectivity index (χ4n) is 1.42. The van der Waals surface area contributed by atoms with Gasteiger partial charge in [-0.1, -0.05) is 15.9 Å². The Kier molecular flexibility index (Phi) is 5.95. The maximum Gasteiger partial charge on any atom is 0.161 e. The predicted molar refractivity (Wildman–Crippen MR) is 64.8 cm³/mol. The lowest BCUT2D eigenvalue weighted by Crippen LogP contribution is -2.20. The molecule has 0 unspecified atom stereocenters. The second-order valence-corrected chi connectivity index (χ2v) is 4.13. The molecule has 90 valence electrons. The standard InChI is InChI=1S/C12H16BrFO2/c1-3-15-12(16-4-2)8-9-7-10(14)5-6-11(9)13/h5-7,12H,3-4,8H2,1-2H3. The average Bonchev–Trinajstić information content (AvgIpc) is 2.24. The third-order valence-corrected chi connectivity index (χ3v) is 2.87. The summed E-state index contributed by atoms with van der Waals surface area (Å²) < 4.78 is 24.8. The minimum absolute atomic E-state index is 0.245. The monoisotopic (exact) mass is 290 g/mol. The van der Waals surface area contributed by atoms with Crippen LogP contribution in [0.1, 0.15) is 19.4 Å². The number of ether oxygens (including phenoxy) is 2. The molecular formula is C12H16BrFO2. The van der Waals surface area contributed by atoms with Gasteiger partial charge in [0.15, 0.2) is 6.29 Å². The number of rotatable bonds is 6. The minimum Gasteiger partial charge on any atom is -0.353 e. The lowest BCUT2D eigenvalue weighted by molar-refractivity contribution is -0.134. The van der Waals surface area contributed by atoms with Gasteiger partial charge >= 0.3 is 0 Å². The topological polar surface area (TPSA) is 18.5 Å². The number of halogens is 2. The first kappa shape index (κ1) is 13.6. The Hall–Kier alpha value is -0.450. The maximum absolute atomic E-state index is 13.1. The molecule has 1 aromatic rings. The first-order valence-electron chi connectivity index (χ1n) is 5.34. The molecule has 1 aromatic carbocycles. The third kappa shape index (κ3) is 4.20. The summed E-state index contributed by atoms with van der Waals surface area (Å²) in [5, 5.41) is 0. The highest BCUT2D eigenvalue weighted by Gasteiger charge is 2.12. The molecule has 0 spiro atoms. The van der Waals surface area contributed by atoms with Crippen molar-refractivity contribution in [3.8, 4) is 0 Å². The molecule has 0 N–H and O–H groups in total. The fourth-order valence-corrected chi connectivity index (χ4v) is 1.83. The fraction of sp³-hybridized carbons (Fsp3) is 0.500. The molecule has 2 nitrogen and oxygen atoms in total. The van der Waals surface area contributed by atoms with Crippen LogP contribution in [0.2, 0.25) is 0 Å². The van der Waals surface area contributed by atoms with Crippen LogP contribution in [-0.4, -0.2) is 19.5 Å². The lowest BCUT2D eigenvalue weighted by Gasteiger charge is -2.17. The van der Waals surface area contributed by atoms with Crippen molar-refractivity contribution in [1.82, 2.24) is 0 Å². The summed E-state index contributed by atoms with van der Waals surface area (Å²) >= 11 is 3.38. The second-order valence-electron chi connectivity index (χ2n) is 3.28. The van der Waals surface area contributed by atoms with Gasteiger partial charge in [0, 0.05) is 24.1 Å². The highest BCUT2D eigenvalue weighted by molar-refractivity contribution is 9.10. The predicted octanol–water partition coefficient (Wildman–Crippen LogP) is 3.53. The molecule has 0 saturated heterocycles. The van der Waals surface area contributed by atoms with E-state index in [2.05, 4.69) is 15.9 Å². The lowest BCUT2D eigenvalue weighted by atomic mass is 10.1. The van der Waals surface area contributed by atoms with E-state index < -0.39 is 0 Å². The van der Waals surface area contributed by atoms with Crippen LogP contribution in [0.25, 0.3) is 0 Å². The Morgan fingerprint density at radius 1 is 1.25 bits per heavy atom.